The predicted octanol–water partition coefficient (Wildman–Crippen LogP) is 2.44. The Balaban J connectivity index is 1.59. The molecule has 2 amide bonds. The first-order valence-corrected chi connectivity index (χ1v) is 10.5. The molecule has 6 heteroatoms. The van der Waals surface area contributed by atoms with Crippen molar-refractivity contribution in [1.29, 1.82) is 0 Å². The molecule has 154 valence electrons. The van der Waals surface area contributed by atoms with Gasteiger partial charge in [0.1, 0.15) is 0 Å². The minimum atomic E-state index is -0.0211. The van der Waals surface area contributed by atoms with Crippen LogP contribution in [0.25, 0.3) is 0 Å². The Kier molecular flexibility index (Phi) is 6.94. The van der Waals surface area contributed by atoms with Crippen molar-refractivity contribution in [2.24, 2.45) is 5.92 Å². The van der Waals surface area contributed by atoms with Crippen LogP contribution < -0.4 is 9.80 Å². The van der Waals surface area contributed by atoms with Gasteiger partial charge in [0, 0.05) is 70.5 Å². The van der Waals surface area contributed by atoms with Crippen LogP contribution in [0.5, 0.6) is 0 Å². The molecule has 6 nitrogen and oxygen atoms in total. The number of piperidine rings is 1. The van der Waals surface area contributed by atoms with Gasteiger partial charge in [-0.3, -0.25) is 9.59 Å². The van der Waals surface area contributed by atoms with Gasteiger partial charge in [-0.15, -0.1) is 0 Å². The number of carbonyl (C=O) groups excluding carboxylic acids is 2. The van der Waals surface area contributed by atoms with Crippen LogP contribution in [-0.2, 0) is 9.59 Å². The quantitative estimate of drug-likeness (QED) is 0.780. The molecule has 0 bridgehead atoms. The molecule has 1 aromatic rings. The van der Waals surface area contributed by atoms with Crippen molar-refractivity contribution < 1.29 is 9.59 Å². The third kappa shape index (κ3) is 5.25. The molecule has 2 saturated heterocycles. The number of hydrogen-bond donors (Lipinski definition) is 0. The summed E-state index contributed by atoms with van der Waals surface area (Å²) in [7, 11) is 2.15. The first-order valence-electron chi connectivity index (χ1n) is 10.5. The van der Waals surface area contributed by atoms with Crippen molar-refractivity contribution >= 4 is 23.2 Å². The fourth-order valence-electron chi connectivity index (χ4n) is 4.16. The average molecular weight is 387 g/mol. The molecule has 1 atom stereocenters. The van der Waals surface area contributed by atoms with Gasteiger partial charge in [-0.05, 0) is 50.1 Å². The predicted molar refractivity (Wildman–Crippen MR) is 114 cm³/mol. The number of anilines is 2. The van der Waals surface area contributed by atoms with Crippen LogP contribution in [0.4, 0.5) is 11.4 Å². The second-order valence-corrected chi connectivity index (χ2v) is 8.31. The fourth-order valence-corrected chi connectivity index (χ4v) is 4.16. The number of nitrogens with zero attached hydrogens (tertiary/aromatic N) is 4. The van der Waals surface area contributed by atoms with Crippen molar-refractivity contribution in [3.8, 4) is 0 Å². The first kappa shape index (κ1) is 20.6. The number of amides is 2. The number of benzene rings is 1. The summed E-state index contributed by atoms with van der Waals surface area (Å²) in [6.45, 7) is 10.1. The van der Waals surface area contributed by atoms with Gasteiger partial charge in [-0.1, -0.05) is 6.92 Å². The van der Waals surface area contributed by atoms with Crippen molar-refractivity contribution in [2.45, 2.75) is 33.1 Å². The zero-order chi connectivity index (χ0) is 20.1. The van der Waals surface area contributed by atoms with E-state index < -0.39 is 0 Å². The fraction of sp³-hybridized carbons (Fsp3) is 0.636. The van der Waals surface area contributed by atoms with Crippen LogP contribution in [-0.4, -0.2) is 74.5 Å². The van der Waals surface area contributed by atoms with Gasteiger partial charge in [0.2, 0.25) is 11.8 Å². The Morgan fingerprint density at radius 2 is 1.75 bits per heavy atom. The maximum Gasteiger partial charge on any atom is 0.224 e. The molecule has 2 aliphatic rings. The summed E-state index contributed by atoms with van der Waals surface area (Å²) in [6.07, 6.45) is 2.66. The number of rotatable bonds is 5. The maximum atomic E-state index is 12.6. The largest absolute Gasteiger partial charge is 0.369 e. The second kappa shape index (κ2) is 9.41. The van der Waals surface area contributed by atoms with E-state index >= 15 is 0 Å². The lowest BCUT2D eigenvalue weighted by molar-refractivity contribution is -0.132. The van der Waals surface area contributed by atoms with E-state index in [9.17, 15) is 9.59 Å². The van der Waals surface area contributed by atoms with Gasteiger partial charge in [0.05, 0.1) is 0 Å². The van der Waals surface area contributed by atoms with E-state index in [1.165, 1.54) is 12.1 Å². The Labute approximate surface area is 169 Å². The average Bonchev–Trinajstić information content (AvgIpc) is 2.69. The monoisotopic (exact) mass is 386 g/mol. The number of carbonyl (C=O) groups is 2. The Bertz CT molecular complexity index is 668. The highest BCUT2D eigenvalue weighted by Crippen LogP contribution is 2.23. The molecule has 0 N–H and O–H groups in total. The molecule has 28 heavy (non-hydrogen) atoms. The zero-order valence-electron chi connectivity index (χ0n) is 17.6. The highest BCUT2D eigenvalue weighted by Gasteiger charge is 2.22. The van der Waals surface area contributed by atoms with Gasteiger partial charge in [0.25, 0.3) is 0 Å². The van der Waals surface area contributed by atoms with Gasteiger partial charge >= 0.3 is 0 Å². The lowest BCUT2D eigenvalue weighted by Crippen LogP contribution is -2.44. The van der Waals surface area contributed by atoms with E-state index in [1.54, 1.807) is 11.8 Å². The molecule has 0 spiro atoms. The molecular formula is C22H34N4O2. The Morgan fingerprint density at radius 3 is 2.36 bits per heavy atom. The van der Waals surface area contributed by atoms with Gasteiger partial charge in [-0.2, -0.15) is 0 Å². The Morgan fingerprint density at radius 1 is 1.07 bits per heavy atom. The van der Waals surface area contributed by atoms with Gasteiger partial charge in [-0.25, -0.2) is 0 Å². The minimum absolute atomic E-state index is 0.0211. The summed E-state index contributed by atoms with van der Waals surface area (Å²) in [4.78, 5) is 33.2. The molecule has 0 aromatic heterocycles. The Hall–Kier alpha value is -2.08. The van der Waals surface area contributed by atoms with E-state index in [1.807, 2.05) is 17.0 Å². The van der Waals surface area contributed by atoms with Crippen LogP contribution in [0.1, 0.15) is 33.1 Å². The summed E-state index contributed by atoms with van der Waals surface area (Å²) in [6, 6.07) is 8.18. The second-order valence-electron chi connectivity index (χ2n) is 8.31. The standard InChI is InChI=1S/C22H34N4O2/c1-18-5-4-11-25(17-18)22(28)10-12-26(19(2)27)21-8-6-20(7-9-21)24-15-13-23(3)14-16-24/h6-9,18H,4-5,10-17H2,1-3H3. The van der Waals surface area contributed by atoms with Gasteiger partial charge in [0.15, 0.2) is 0 Å². The van der Waals surface area contributed by atoms with Crippen molar-refractivity contribution in [1.82, 2.24) is 9.80 Å². The van der Waals surface area contributed by atoms with E-state index in [0.717, 1.165) is 51.4 Å². The molecule has 0 aliphatic carbocycles. The number of hydrogen-bond acceptors (Lipinski definition) is 4. The summed E-state index contributed by atoms with van der Waals surface area (Å²) in [5.41, 5.74) is 2.06. The molecule has 1 aromatic carbocycles. The van der Waals surface area contributed by atoms with Crippen LogP contribution in [0.15, 0.2) is 24.3 Å². The summed E-state index contributed by atoms with van der Waals surface area (Å²) >= 11 is 0. The lowest BCUT2D eigenvalue weighted by atomic mass is 10.00. The van der Waals surface area contributed by atoms with Crippen LogP contribution in [0.3, 0.4) is 0 Å². The molecular weight excluding hydrogens is 352 g/mol. The molecule has 0 radical (unpaired) electrons. The van der Waals surface area contributed by atoms with Crippen LogP contribution in [0, 0.1) is 5.92 Å². The van der Waals surface area contributed by atoms with Crippen LogP contribution >= 0.6 is 0 Å². The molecule has 2 fully saturated rings. The van der Waals surface area contributed by atoms with E-state index in [-0.39, 0.29) is 11.8 Å². The SMILES string of the molecule is CC(=O)N(CCC(=O)N1CCCC(C)C1)c1ccc(N2CCN(C)CC2)cc1. The van der Waals surface area contributed by atoms with E-state index in [2.05, 4.69) is 35.9 Å². The third-order valence-electron chi connectivity index (χ3n) is 5.97. The highest BCUT2D eigenvalue weighted by atomic mass is 16.2. The van der Waals surface area contributed by atoms with E-state index in [0.29, 0.717) is 18.9 Å². The summed E-state index contributed by atoms with van der Waals surface area (Å²) < 4.78 is 0. The van der Waals surface area contributed by atoms with Crippen molar-refractivity contribution in [3.63, 3.8) is 0 Å². The van der Waals surface area contributed by atoms with Crippen molar-refractivity contribution in [2.75, 3.05) is 62.7 Å². The smallest absolute Gasteiger partial charge is 0.224 e. The molecule has 3 rings (SSSR count). The number of piperazine rings is 1. The molecule has 1 unspecified atom stereocenters. The third-order valence-corrected chi connectivity index (χ3v) is 5.97. The summed E-state index contributed by atoms with van der Waals surface area (Å²) in [5.74, 6) is 0.711. The first-order chi connectivity index (χ1) is 13.4. The topological polar surface area (TPSA) is 47.1 Å². The maximum absolute atomic E-state index is 12.6. The number of likely N-dealkylation sites (N-methyl/N-ethyl adjacent to an activating group) is 1. The molecule has 2 heterocycles. The normalized spacial score (nSPS) is 20.9. The molecule has 2 aliphatic heterocycles. The van der Waals surface area contributed by atoms with E-state index in [4.69, 9.17) is 0 Å². The highest BCUT2D eigenvalue weighted by molar-refractivity contribution is 5.92. The molecule has 0 saturated carbocycles. The lowest BCUT2D eigenvalue weighted by Gasteiger charge is -2.34. The summed E-state index contributed by atoms with van der Waals surface area (Å²) in [5, 5.41) is 0. The van der Waals surface area contributed by atoms with Crippen LogP contribution in [0.2, 0.25) is 0 Å². The number of likely N-dealkylation sites (tertiary alicyclic amines) is 1. The van der Waals surface area contributed by atoms with Crippen molar-refractivity contribution in [3.05, 3.63) is 24.3 Å². The van der Waals surface area contributed by atoms with Gasteiger partial charge < -0.3 is 19.6 Å². The zero-order valence-corrected chi connectivity index (χ0v) is 17.6. The minimum Gasteiger partial charge on any atom is -0.369 e.